The summed E-state index contributed by atoms with van der Waals surface area (Å²) in [5, 5.41) is 0. The Morgan fingerprint density at radius 2 is 2.36 bits per heavy atom. The molecular weight excluding hydrogens is 168 g/mol. The monoisotopic (exact) mass is 190 g/mol. The standard InChI is InChI=1S/C14H22/c1-3-4-8-13(2)11-12-14-9-6-5-7-10-14/h9,12H,3-8,10H2,1-2H3. The average Bonchev–Trinajstić information content (AvgIpc) is 2.25. The molecule has 0 saturated carbocycles. The highest BCUT2D eigenvalue weighted by molar-refractivity contribution is 5.21. The molecule has 0 atom stereocenters. The van der Waals surface area contributed by atoms with Gasteiger partial charge in [-0.3, -0.25) is 0 Å². The highest BCUT2D eigenvalue weighted by atomic mass is 14.0. The number of hydrogen-bond acceptors (Lipinski definition) is 0. The lowest BCUT2D eigenvalue weighted by Crippen LogP contribution is -1.87. The van der Waals surface area contributed by atoms with E-state index in [4.69, 9.17) is 0 Å². The van der Waals surface area contributed by atoms with Crippen molar-refractivity contribution in [3.8, 4) is 0 Å². The lowest BCUT2D eigenvalue weighted by atomic mass is 9.99. The zero-order chi connectivity index (χ0) is 10.2. The van der Waals surface area contributed by atoms with Crippen molar-refractivity contribution >= 4 is 0 Å². The summed E-state index contributed by atoms with van der Waals surface area (Å²) in [5.41, 5.74) is 6.30. The first kappa shape index (κ1) is 11.3. The van der Waals surface area contributed by atoms with E-state index in [0.717, 1.165) is 0 Å². The summed E-state index contributed by atoms with van der Waals surface area (Å²) in [5.74, 6) is 0. The fourth-order valence-electron chi connectivity index (χ4n) is 1.72. The Labute approximate surface area is 88.4 Å². The summed E-state index contributed by atoms with van der Waals surface area (Å²) in [6, 6.07) is 0. The molecular formula is C14H22. The van der Waals surface area contributed by atoms with Gasteiger partial charge >= 0.3 is 0 Å². The zero-order valence-electron chi connectivity index (χ0n) is 9.60. The fraction of sp³-hybridized carbons (Fsp3) is 0.643. The quantitative estimate of drug-likeness (QED) is 0.560. The van der Waals surface area contributed by atoms with Crippen molar-refractivity contribution in [2.75, 3.05) is 0 Å². The zero-order valence-corrected chi connectivity index (χ0v) is 9.60. The first-order valence-electron chi connectivity index (χ1n) is 5.94. The summed E-state index contributed by atoms with van der Waals surface area (Å²) >= 11 is 0. The molecule has 0 aromatic carbocycles. The van der Waals surface area contributed by atoms with Gasteiger partial charge in [0.1, 0.15) is 0 Å². The normalized spacial score (nSPS) is 15.7. The van der Waals surface area contributed by atoms with Gasteiger partial charge in [-0.1, -0.05) is 19.4 Å². The molecule has 1 rings (SSSR count). The number of rotatable bonds is 4. The predicted molar refractivity (Wildman–Crippen MR) is 63.3 cm³/mol. The van der Waals surface area contributed by atoms with Gasteiger partial charge < -0.3 is 0 Å². The molecule has 0 unspecified atom stereocenters. The van der Waals surface area contributed by atoms with E-state index in [1.165, 1.54) is 56.1 Å². The lowest BCUT2D eigenvalue weighted by Gasteiger charge is -2.06. The van der Waals surface area contributed by atoms with Crippen LogP contribution in [0.3, 0.4) is 0 Å². The van der Waals surface area contributed by atoms with E-state index >= 15 is 0 Å². The van der Waals surface area contributed by atoms with Crippen LogP contribution in [0.15, 0.2) is 29.0 Å². The van der Waals surface area contributed by atoms with E-state index in [2.05, 4.69) is 31.7 Å². The molecule has 0 spiro atoms. The van der Waals surface area contributed by atoms with E-state index in [1.54, 1.807) is 0 Å². The molecule has 0 heterocycles. The second-order valence-corrected chi connectivity index (χ2v) is 4.20. The SMILES string of the molecule is CCCCC(C)=C=CC1=CCCCC1. The summed E-state index contributed by atoms with van der Waals surface area (Å²) < 4.78 is 0. The van der Waals surface area contributed by atoms with Crippen molar-refractivity contribution in [3.63, 3.8) is 0 Å². The third kappa shape index (κ3) is 4.48. The van der Waals surface area contributed by atoms with Gasteiger partial charge in [-0.25, -0.2) is 0 Å². The van der Waals surface area contributed by atoms with Crippen LogP contribution in [0.4, 0.5) is 0 Å². The van der Waals surface area contributed by atoms with Crippen LogP contribution >= 0.6 is 0 Å². The molecule has 0 aromatic heterocycles. The first-order valence-corrected chi connectivity index (χ1v) is 5.94. The summed E-state index contributed by atoms with van der Waals surface area (Å²) in [7, 11) is 0. The van der Waals surface area contributed by atoms with Gasteiger partial charge in [-0.05, 0) is 62.7 Å². The minimum atomic E-state index is 1.21. The van der Waals surface area contributed by atoms with Crippen molar-refractivity contribution in [3.05, 3.63) is 29.0 Å². The van der Waals surface area contributed by atoms with Crippen LogP contribution in [0.25, 0.3) is 0 Å². The van der Waals surface area contributed by atoms with Gasteiger partial charge in [-0.2, -0.15) is 0 Å². The molecule has 14 heavy (non-hydrogen) atoms. The van der Waals surface area contributed by atoms with Crippen LogP contribution in [0.5, 0.6) is 0 Å². The molecule has 0 saturated heterocycles. The molecule has 0 amide bonds. The Morgan fingerprint density at radius 3 is 3.00 bits per heavy atom. The third-order valence-corrected chi connectivity index (χ3v) is 2.74. The Bertz CT molecular complexity index is 249. The van der Waals surface area contributed by atoms with Crippen LogP contribution in [0.2, 0.25) is 0 Å². The average molecular weight is 190 g/mol. The molecule has 0 radical (unpaired) electrons. The molecule has 1 aliphatic rings. The van der Waals surface area contributed by atoms with Gasteiger partial charge in [-0.15, -0.1) is 5.73 Å². The Hall–Kier alpha value is -0.740. The molecule has 0 heteroatoms. The highest BCUT2D eigenvalue weighted by Gasteiger charge is 1.98. The van der Waals surface area contributed by atoms with E-state index < -0.39 is 0 Å². The number of unbranched alkanes of at least 4 members (excludes halogenated alkanes) is 1. The van der Waals surface area contributed by atoms with Crippen LogP contribution in [0, 0.1) is 0 Å². The topological polar surface area (TPSA) is 0 Å². The molecule has 0 N–H and O–H groups in total. The van der Waals surface area contributed by atoms with E-state index in [9.17, 15) is 0 Å². The molecule has 78 valence electrons. The highest BCUT2D eigenvalue weighted by Crippen LogP contribution is 2.18. The van der Waals surface area contributed by atoms with Crippen LogP contribution in [-0.2, 0) is 0 Å². The minimum Gasteiger partial charge on any atom is -0.122 e. The van der Waals surface area contributed by atoms with E-state index in [1.807, 2.05) is 0 Å². The summed E-state index contributed by atoms with van der Waals surface area (Å²) in [6.45, 7) is 4.43. The Kier molecular flexibility index (Phi) is 5.40. The van der Waals surface area contributed by atoms with Crippen LogP contribution in [0.1, 0.15) is 58.8 Å². The second kappa shape index (κ2) is 6.68. The molecule has 0 aromatic rings. The molecule has 1 aliphatic carbocycles. The van der Waals surface area contributed by atoms with Crippen molar-refractivity contribution < 1.29 is 0 Å². The third-order valence-electron chi connectivity index (χ3n) is 2.74. The van der Waals surface area contributed by atoms with Gasteiger partial charge in [0, 0.05) is 0 Å². The fourth-order valence-corrected chi connectivity index (χ4v) is 1.72. The molecule has 0 bridgehead atoms. The van der Waals surface area contributed by atoms with E-state index in [-0.39, 0.29) is 0 Å². The second-order valence-electron chi connectivity index (χ2n) is 4.20. The maximum atomic E-state index is 3.41. The van der Waals surface area contributed by atoms with Crippen molar-refractivity contribution in [1.29, 1.82) is 0 Å². The van der Waals surface area contributed by atoms with Gasteiger partial charge in [0.15, 0.2) is 0 Å². The van der Waals surface area contributed by atoms with Gasteiger partial charge in [0.05, 0.1) is 0 Å². The largest absolute Gasteiger partial charge is 0.122 e. The maximum Gasteiger partial charge on any atom is -0.0171 e. The Balaban J connectivity index is 2.46. The number of allylic oxidation sites excluding steroid dienone is 3. The van der Waals surface area contributed by atoms with Crippen LogP contribution < -0.4 is 0 Å². The van der Waals surface area contributed by atoms with Crippen molar-refractivity contribution in [1.82, 2.24) is 0 Å². The van der Waals surface area contributed by atoms with Gasteiger partial charge in [0.2, 0.25) is 0 Å². The lowest BCUT2D eigenvalue weighted by molar-refractivity contribution is 0.712. The maximum absolute atomic E-state index is 3.41. The summed E-state index contributed by atoms with van der Waals surface area (Å²) in [6.07, 6.45) is 13.6. The van der Waals surface area contributed by atoms with Crippen molar-refractivity contribution in [2.45, 2.75) is 58.8 Å². The first-order chi connectivity index (χ1) is 6.83. The number of hydrogen-bond donors (Lipinski definition) is 0. The smallest absolute Gasteiger partial charge is 0.0171 e. The predicted octanol–water partition coefficient (Wildman–Crippen LogP) is 4.78. The van der Waals surface area contributed by atoms with E-state index in [0.29, 0.717) is 0 Å². The van der Waals surface area contributed by atoms with Gasteiger partial charge in [0.25, 0.3) is 0 Å². The van der Waals surface area contributed by atoms with Crippen LogP contribution in [-0.4, -0.2) is 0 Å². The molecule has 0 fully saturated rings. The minimum absolute atomic E-state index is 1.21. The summed E-state index contributed by atoms with van der Waals surface area (Å²) in [4.78, 5) is 0. The molecule has 0 aliphatic heterocycles. The van der Waals surface area contributed by atoms with Crippen molar-refractivity contribution in [2.24, 2.45) is 0 Å². The Morgan fingerprint density at radius 1 is 1.50 bits per heavy atom. The molecule has 0 nitrogen and oxygen atoms in total.